The Morgan fingerprint density at radius 3 is 2.63 bits per heavy atom. The standard InChI is InChI=1S/C27H33FN7O5P/c1-6-35-26-18(15-31-35)11-23-25(33-34(5)32-23)21-10-9-20(28)13-22(21)17(4)40-24-12-19(26)14-29-27(24)30-16-39-41(36,37-7-2)38-8-3/h9-10,12-15,17H,6-8,11,16H2,1-5H3,(H,29,30). The number of hydrogen-bond donors (Lipinski definition) is 1. The Balaban J connectivity index is 1.60. The van der Waals surface area contributed by atoms with Crippen LogP contribution in [0.15, 0.2) is 36.7 Å². The van der Waals surface area contributed by atoms with E-state index < -0.39 is 19.7 Å². The van der Waals surface area contributed by atoms with Crippen molar-refractivity contribution in [2.24, 2.45) is 7.05 Å². The lowest BCUT2D eigenvalue weighted by Crippen LogP contribution is -2.13. The first kappa shape index (κ1) is 28.9. The number of benzene rings is 1. The molecule has 0 aliphatic carbocycles. The van der Waals surface area contributed by atoms with Crippen LogP contribution in [0.5, 0.6) is 5.75 Å². The van der Waals surface area contributed by atoms with Gasteiger partial charge in [-0.05, 0) is 52.0 Å². The van der Waals surface area contributed by atoms with Gasteiger partial charge in [0, 0.05) is 48.5 Å². The van der Waals surface area contributed by atoms with Gasteiger partial charge in [0.05, 0.1) is 30.8 Å². The van der Waals surface area contributed by atoms with Crippen molar-refractivity contribution in [3.63, 3.8) is 0 Å². The van der Waals surface area contributed by atoms with Gasteiger partial charge in [0.25, 0.3) is 0 Å². The van der Waals surface area contributed by atoms with Gasteiger partial charge in [-0.3, -0.25) is 18.3 Å². The van der Waals surface area contributed by atoms with Crippen molar-refractivity contribution in [3.05, 3.63) is 59.3 Å². The maximum absolute atomic E-state index is 14.5. The summed E-state index contributed by atoms with van der Waals surface area (Å²) in [6.07, 6.45) is 3.37. The minimum Gasteiger partial charge on any atom is -0.482 e. The molecule has 5 rings (SSSR count). The maximum Gasteiger partial charge on any atom is 0.476 e. The summed E-state index contributed by atoms with van der Waals surface area (Å²) in [4.78, 5) is 6.13. The van der Waals surface area contributed by atoms with E-state index in [0.29, 0.717) is 41.4 Å². The molecule has 0 fully saturated rings. The van der Waals surface area contributed by atoms with Crippen molar-refractivity contribution in [1.29, 1.82) is 0 Å². The van der Waals surface area contributed by atoms with Gasteiger partial charge in [-0.15, -0.1) is 0 Å². The number of pyridine rings is 1. The van der Waals surface area contributed by atoms with Crippen LogP contribution in [-0.2, 0) is 38.1 Å². The Morgan fingerprint density at radius 2 is 1.90 bits per heavy atom. The molecule has 2 bridgehead atoms. The third-order valence-corrected chi connectivity index (χ3v) is 8.12. The number of phosphoric acid groups is 1. The number of nitrogens with one attached hydrogen (secondary N) is 1. The lowest BCUT2D eigenvalue weighted by Gasteiger charge is -2.22. The monoisotopic (exact) mass is 585 g/mol. The molecule has 3 aromatic heterocycles. The van der Waals surface area contributed by atoms with Crippen LogP contribution in [0.4, 0.5) is 10.2 Å². The first-order chi connectivity index (χ1) is 19.7. The van der Waals surface area contributed by atoms with Crippen molar-refractivity contribution in [3.8, 4) is 28.3 Å². The Hall–Kier alpha value is -3.64. The fourth-order valence-electron chi connectivity index (χ4n) is 4.83. The highest BCUT2D eigenvalue weighted by Crippen LogP contribution is 2.49. The molecule has 12 nitrogen and oxygen atoms in total. The minimum atomic E-state index is -3.75. The van der Waals surface area contributed by atoms with Gasteiger partial charge in [0.1, 0.15) is 24.3 Å². The molecule has 0 radical (unpaired) electrons. The predicted octanol–water partition coefficient (Wildman–Crippen LogP) is 5.51. The molecule has 1 aliphatic rings. The first-order valence-corrected chi connectivity index (χ1v) is 14.9. The highest BCUT2D eigenvalue weighted by atomic mass is 31.2. The number of nitrogens with zero attached hydrogens (tertiary/aromatic N) is 6. The molecule has 0 amide bonds. The summed E-state index contributed by atoms with van der Waals surface area (Å²) in [7, 11) is -1.99. The molecule has 41 heavy (non-hydrogen) atoms. The normalized spacial score (nSPS) is 14.7. The number of aromatic nitrogens is 6. The molecule has 0 saturated heterocycles. The van der Waals surface area contributed by atoms with Gasteiger partial charge in [0.15, 0.2) is 11.6 Å². The SMILES string of the molecule is CCOP(=O)(OCC)OCNc1ncc2cc1OC(C)c1cc(F)ccc1-c1nn(C)nc1Cc1cnn(CC)c1-2. The molecule has 1 N–H and O–H groups in total. The van der Waals surface area contributed by atoms with Crippen LogP contribution in [-0.4, -0.2) is 49.7 Å². The van der Waals surface area contributed by atoms with Crippen molar-refractivity contribution < 1.29 is 27.3 Å². The molecule has 1 unspecified atom stereocenters. The van der Waals surface area contributed by atoms with Gasteiger partial charge in [-0.1, -0.05) is 0 Å². The molecule has 14 heteroatoms. The van der Waals surface area contributed by atoms with Crippen LogP contribution in [0.25, 0.3) is 22.5 Å². The van der Waals surface area contributed by atoms with Crippen molar-refractivity contribution >= 4 is 13.6 Å². The van der Waals surface area contributed by atoms with Crippen LogP contribution < -0.4 is 10.1 Å². The fourth-order valence-corrected chi connectivity index (χ4v) is 5.91. The van der Waals surface area contributed by atoms with Crippen LogP contribution in [0.1, 0.15) is 50.6 Å². The molecule has 4 aromatic rings. The minimum absolute atomic E-state index is 0.160. The van der Waals surface area contributed by atoms with Crippen LogP contribution in [0, 0.1) is 5.82 Å². The number of rotatable bonds is 9. The van der Waals surface area contributed by atoms with Crippen LogP contribution >= 0.6 is 7.82 Å². The van der Waals surface area contributed by atoms with E-state index in [1.165, 1.54) is 16.9 Å². The summed E-state index contributed by atoms with van der Waals surface area (Å²) >= 11 is 0. The number of phosphoric ester groups is 1. The zero-order valence-corrected chi connectivity index (χ0v) is 24.5. The van der Waals surface area contributed by atoms with E-state index in [9.17, 15) is 8.96 Å². The highest BCUT2D eigenvalue weighted by Gasteiger charge is 2.27. The molecule has 1 aliphatic heterocycles. The van der Waals surface area contributed by atoms with E-state index >= 15 is 0 Å². The van der Waals surface area contributed by atoms with Crippen molar-refractivity contribution in [2.45, 2.75) is 46.8 Å². The van der Waals surface area contributed by atoms with Crippen molar-refractivity contribution in [2.75, 3.05) is 25.3 Å². The zero-order chi connectivity index (χ0) is 29.1. The van der Waals surface area contributed by atoms with E-state index in [0.717, 1.165) is 22.5 Å². The van der Waals surface area contributed by atoms with Gasteiger partial charge >= 0.3 is 7.82 Å². The highest BCUT2D eigenvalue weighted by molar-refractivity contribution is 7.48. The van der Waals surface area contributed by atoms with Gasteiger partial charge in [-0.25, -0.2) is 13.9 Å². The van der Waals surface area contributed by atoms with Gasteiger partial charge in [0.2, 0.25) is 0 Å². The summed E-state index contributed by atoms with van der Waals surface area (Å²) in [5.74, 6) is 0.315. The third kappa shape index (κ3) is 6.03. The summed E-state index contributed by atoms with van der Waals surface area (Å²) in [5.41, 5.74) is 5.26. The topological polar surface area (TPSA) is 127 Å². The third-order valence-electron chi connectivity index (χ3n) is 6.53. The fraction of sp³-hybridized carbons (Fsp3) is 0.407. The van der Waals surface area contributed by atoms with Gasteiger partial charge in [-0.2, -0.15) is 20.1 Å². The molecule has 4 heterocycles. The second-order valence-corrected chi connectivity index (χ2v) is 11.0. The van der Waals surface area contributed by atoms with Crippen molar-refractivity contribution in [1.82, 2.24) is 29.8 Å². The Morgan fingerprint density at radius 1 is 1.12 bits per heavy atom. The number of aryl methyl sites for hydroxylation is 2. The van der Waals surface area contributed by atoms with E-state index in [1.54, 1.807) is 33.2 Å². The summed E-state index contributed by atoms with van der Waals surface area (Å²) in [6.45, 7) is 7.97. The van der Waals surface area contributed by atoms with Crippen LogP contribution in [0.2, 0.25) is 0 Å². The van der Waals surface area contributed by atoms with Crippen LogP contribution in [0.3, 0.4) is 0 Å². The van der Waals surface area contributed by atoms with E-state index in [4.69, 9.17) is 18.3 Å². The zero-order valence-electron chi connectivity index (χ0n) is 23.6. The maximum atomic E-state index is 14.5. The number of halogens is 1. The number of ether oxygens (including phenoxy) is 1. The molecule has 0 spiro atoms. The number of fused-ring (bicyclic) bond motifs is 7. The molecular formula is C27H33FN7O5P. The van der Waals surface area contributed by atoms with Gasteiger partial charge < -0.3 is 10.1 Å². The number of anilines is 1. The van der Waals surface area contributed by atoms with E-state index in [-0.39, 0.29) is 19.9 Å². The summed E-state index contributed by atoms with van der Waals surface area (Å²) in [5, 5.41) is 16.9. The predicted molar refractivity (Wildman–Crippen MR) is 150 cm³/mol. The van der Waals surface area contributed by atoms with E-state index in [1.807, 2.05) is 30.8 Å². The second-order valence-electron chi connectivity index (χ2n) is 9.29. The summed E-state index contributed by atoms with van der Waals surface area (Å²) in [6, 6.07) is 6.39. The Kier molecular flexibility index (Phi) is 8.50. The van der Waals surface area contributed by atoms with E-state index in [2.05, 4.69) is 25.6 Å². The average Bonchev–Trinajstić information content (AvgIpc) is 3.51. The lowest BCUT2D eigenvalue weighted by atomic mass is 9.96. The molecule has 218 valence electrons. The quantitative estimate of drug-likeness (QED) is 0.198. The molecule has 1 atom stereocenters. The largest absolute Gasteiger partial charge is 0.482 e. The first-order valence-electron chi connectivity index (χ1n) is 13.4. The smallest absolute Gasteiger partial charge is 0.476 e. The molecule has 1 aromatic carbocycles. The summed E-state index contributed by atoms with van der Waals surface area (Å²) < 4.78 is 51.5. The average molecular weight is 586 g/mol. The molecular weight excluding hydrogens is 552 g/mol. The number of hydrogen-bond acceptors (Lipinski definition) is 10. The lowest BCUT2D eigenvalue weighted by molar-refractivity contribution is 0.127. The Bertz CT molecular complexity index is 1580. The second kappa shape index (κ2) is 12.1. The molecule has 0 saturated carbocycles. The Labute approximate surface area is 237 Å².